The molecule has 1 fully saturated rings. The molecule has 5 nitrogen and oxygen atoms in total. The van der Waals surface area contributed by atoms with Crippen molar-refractivity contribution in [2.75, 3.05) is 46.3 Å². The minimum absolute atomic E-state index is 0. The van der Waals surface area contributed by atoms with Gasteiger partial charge < -0.3 is 20.9 Å². The first-order valence-corrected chi connectivity index (χ1v) is 7.36. The third-order valence-electron chi connectivity index (χ3n) is 3.26. The zero-order valence-electron chi connectivity index (χ0n) is 13.5. The fourth-order valence-corrected chi connectivity index (χ4v) is 2.14. The van der Waals surface area contributed by atoms with Crippen LogP contribution in [0.25, 0.3) is 0 Å². The molecule has 0 radical (unpaired) electrons. The molecule has 0 aromatic heterocycles. The Bertz CT molecular complexity index is 280. The molecular formula is C14H32IN5. The number of nitrogens with two attached hydrogens (primary N) is 1. The summed E-state index contributed by atoms with van der Waals surface area (Å²) in [6.45, 7) is 13.1. The highest BCUT2D eigenvalue weighted by Gasteiger charge is 2.12. The van der Waals surface area contributed by atoms with Gasteiger partial charge in [-0.3, -0.25) is 4.99 Å². The molecule has 1 rings (SSSR count). The predicted molar refractivity (Wildman–Crippen MR) is 98.0 cm³/mol. The molecule has 0 aromatic carbocycles. The maximum atomic E-state index is 5.82. The number of hydrogen-bond acceptors (Lipinski definition) is 3. The highest BCUT2D eigenvalue weighted by molar-refractivity contribution is 14.0. The van der Waals surface area contributed by atoms with E-state index in [2.05, 4.69) is 47.9 Å². The van der Waals surface area contributed by atoms with Crippen LogP contribution in [0, 0.1) is 0 Å². The first kappa shape index (κ1) is 19.9. The number of likely N-dealkylation sites (N-methyl/N-ethyl adjacent to an activating group) is 1. The van der Waals surface area contributed by atoms with E-state index in [-0.39, 0.29) is 29.5 Å². The van der Waals surface area contributed by atoms with Crippen LogP contribution in [-0.2, 0) is 0 Å². The van der Waals surface area contributed by atoms with Crippen LogP contribution < -0.4 is 11.1 Å². The van der Waals surface area contributed by atoms with Gasteiger partial charge in [-0.05, 0) is 47.2 Å². The number of hydrogen-bond donors (Lipinski definition) is 2. The Labute approximate surface area is 141 Å². The van der Waals surface area contributed by atoms with E-state index < -0.39 is 0 Å². The number of aliphatic imine (C=N–C) groups is 1. The molecule has 0 bridgehead atoms. The van der Waals surface area contributed by atoms with Gasteiger partial charge in [0.1, 0.15) is 0 Å². The molecule has 1 heterocycles. The van der Waals surface area contributed by atoms with E-state index in [1.54, 1.807) is 0 Å². The van der Waals surface area contributed by atoms with Crippen molar-refractivity contribution in [1.29, 1.82) is 0 Å². The molecule has 1 aliphatic heterocycles. The zero-order chi connectivity index (χ0) is 14.3. The molecule has 0 aromatic rings. The summed E-state index contributed by atoms with van der Waals surface area (Å²) in [7, 11) is 2.19. The lowest BCUT2D eigenvalue weighted by Gasteiger charge is -2.32. The number of piperazine rings is 1. The highest BCUT2D eigenvalue weighted by atomic mass is 127. The summed E-state index contributed by atoms with van der Waals surface area (Å²) in [5.41, 5.74) is 5.82. The average molecular weight is 397 g/mol. The summed E-state index contributed by atoms with van der Waals surface area (Å²) >= 11 is 0. The van der Waals surface area contributed by atoms with Crippen molar-refractivity contribution < 1.29 is 0 Å². The SMILES string of the molecule is CN1CCN(CCCCN=C(N)NC(C)(C)C)CC1.I. The molecule has 0 amide bonds. The predicted octanol–water partition coefficient (Wildman–Crippen LogP) is 1.33. The number of nitrogens with one attached hydrogen (secondary N) is 1. The lowest BCUT2D eigenvalue weighted by Crippen LogP contribution is -2.45. The summed E-state index contributed by atoms with van der Waals surface area (Å²) in [6, 6.07) is 0. The summed E-state index contributed by atoms with van der Waals surface area (Å²) in [5.74, 6) is 0.562. The third-order valence-corrected chi connectivity index (χ3v) is 3.26. The summed E-state index contributed by atoms with van der Waals surface area (Å²) in [5, 5.41) is 3.18. The van der Waals surface area contributed by atoms with Crippen LogP contribution in [0.5, 0.6) is 0 Å². The Morgan fingerprint density at radius 3 is 2.30 bits per heavy atom. The lowest BCUT2D eigenvalue weighted by atomic mass is 10.1. The molecule has 3 N–H and O–H groups in total. The first-order chi connectivity index (χ1) is 8.87. The van der Waals surface area contributed by atoms with E-state index in [4.69, 9.17) is 5.73 Å². The molecule has 20 heavy (non-hydrogen) atoms. The maximum absolute atomic E-state index is 5.82. The van der Waals surface area contributed by atoms with Gasteiger partial charge in [0.05, 0.1) is 0 Å². The minimum atomic E-state index is -0.00654. The van der Waals surface area contributed by atoms with Crippen molar-refractivity contribution in [3.63, 3.8) is 0 Å². The molecule has 0 atom stereocenters. The van der Waals surface area contributed by atoms with Crippen molar-refractivity contribution >= 4 is 29.9 Å². The summed E-state index contributed by atoms with van der Waals surface area (Å²) < 4.78 is 0. The van der Waals surface area contributed by atoms with E-state index in [0.29, 0.717) is 5.96 Å². The fraction of sp³-hybridized carbons (Fsp3) is 0.929. The molecule has 0 saturated carbocycles. The van der Waals surface area contributed by atoms with E-state index in [1.807, 2.05) is 0 Å². The average Bonchev–Trinajstić information content (AvgIpc) is 2.29. The van der Waals surface area contributed by atoms with Gasteiger partial charge in [0, 0.05) is 38.3 Å². The van der Waals surface area contributed by atoms with Crippen LogP contribution in [0.15, 0.2) is 4.99 Å². The Kier molecular flexibility index (Phi) is 9.74. The Balaban J connectivity index is 0.00000361. The van der Waals surface area contributed by atoms with Crippen LogP contribution in [0.3, 0.4) is 0 Å². The summed E-state index contributed by atoms with van der Waals surface area (Å²) in [6.07, 6.45) is 2.31. The quantitative estimate of drug-likeness (QED) is 0.318. The number of halogens is 1. The van der Waals surface area contributed by atoms with Gasteiger partial charge in [0.25, 0.3) is 0 Å². The van der Waals surface area contributed by atoms with Crippen LogP contribution in [0.1, 0.15) is 33.6 Å². The molecule has 1 aliphatic rings. The molecule has 0 aliphatic carbocycles. The number of unbranched alkanes of at least 4 members (excludes halogenated alkanes) is 1. The Hall–Kier alpha value is -0.0800. The number of nitrogens with zero attached hydrogens (tertiary/aromatic N) is 3. The van der Waals surface area contributed by atoms with Gasteiger partial charge in [0.2, 0.25) is 0 Å². The second kappa shape index (κ2) is 9.78. The van der Waals surface area contributed by atoms with Crippen molar-refractivity contribution in [3.8, 4) is 0 Å². The molecule has 6 heteroatoms. The van der Waals surface area contributed by atoms with E-state index in [9.17, 15) is 0 Å². The third kappa shape index (κ3) is 9.77. The molecule has 1 saturated heterocycles. The van der Waals surface area contributed by atoms with Gasteiger partial charge in [-0.2, -0.15) is 0 Å². The van der Waals surface area contributed by atoms with Crippen molar-refractivity contribution in [2.24, 2.45) is 10.7 Å². The standard InChI is InChI=1S/C14H31N5.HI/c1-14(2,3)17-13(15)16-7-5-6-8-19-11-9-18(4)10-12-19;/h5-12H2,1-4H3,(H3,15,16,17);1H. The topological polar surface area (TPSA) is 56.9 Å². The Morgan fingerprint density at radius 2 is 1.75 bits per heavy atom. The molecule has 120 valence electrons. The molecule has 0 unspecified atom stereocenters. The largest absolute Gasteiger partial charge is 0.370 e. The van der Waals surface area contributed by atoms with Crippen LogP contribution in [-0.4, -0.2) is 67.6 Å². The van der Waals surface area contributed by atoms with E-state index in [1.165, 1.54) is 39.1 Å². The highest BCUT2D eigenvalue weighted by Crippen LogP contribution is 2.02. The molecular weight excluding hydrogens is 365 g/mol. The van der Waals surface area contributed by atoms with Crippen molar-refractivity contribution in [2.45, 2.75) is 39.2 Å². The van der Waals surface area contributed by atoms with Crippen molar-refractivity contribution in [3.05, 3.63) is 0 Å². The normalized spacial score (nSPS) is 18.7. The van der Waals surface area contributed by atoms with Gasteiger partial charge in [-0.25, -0.2) is 0 Å². The van der Waals surface area contributed by atoms with Crippen LogP contribution in [0.2, 0.25) is 0 Å². The van der Waals surface area contributed by atoms with E-state index in [0.717, 1.165) is 13.0 Å². The molecule has 0 spiro atoms. The van der Waals surface area contributed by atoms with Gasteiger partial charge in [0.15, 0.2) is 5.96 Å². The second-order valence-electron chi connectivity index (χ2n) is 6.49. The first-order valence-electron chi connectivity index (χ1n) is 7.36. The van der Waals surface area contributed by atoms with Crippen LogP contribution in [0.4, 0.5) is 0 Å². The fourth-order valence-electron chi connectivity index (χ4n) is 2.14. The minimum Gasteiger partial charge on any atom is -0.370 e. The smallest absolute Gasteiger partial charge is 0.188 e. The lowest BCUT2D eigenvalue weighted by molar-refractivity contribution is 0.152. The number of guanidine groups is 1. The maximum Gasteiger partial charge on any atom is 0.188 e. The van der Waals surface area contributed by atoms with E-state index >= 15 is 0 Å². The number of rotatable bonds is 5. The monoisotopic (exact) mass is 397 g/mol. The van der Waals surface area contributed by atoms with Gasteiger partial charge in [-0.1, -0.05) is 0 Å². The van der Waals surface area contributed by atoms with Crippen LogP contribution >= 0.6 is 24.0 Å². The van der Waals surface area contributed by atoms with Crippen molar-refractivity contribution in [1.82, 2.24) is 15.1 Å². The zero-order valence-corrected chi connectivity index (χ0v) is 15.8. The summed E-state index contributed by atoms with van der Waals surface area (Å²) in [4.78, 5) is 9.29. The van der Waals surface area contributed by atoms with Gasteiger partial charge in [-0.15, -0.1) is 24.0 Å². The van der Waals surface area contributed by atoms with Gasteiger partial charge >= 0.3 is 0 Å². The Morgan fingerprint density at radius 1 is 1.15 bits per heavy atom. The second-order valence-corrected chi connectivity index (χ2v) is 6.49.